The number of ketones is 1. The second kappa shape index (κ2) is 8.77. The SMILES string of the molecule is O=C1C(=O)N(CCOCCO)C(c2ccccc2)/C1=C(\O)c1ccc(F)cc1. The molecular weight excluding hydrogens is 365 g/mol. The summed E-state index contributed by atoms with van der Waals surface area (Å²) in [7, 11) is 0. The minimum atomic E-state index is -0.808. The van der Waals surface area contributed by atoms with Gasteiger partial charge >= 0.3 is 0 Å². The number of aliphatic hydroxyl groups is 2. The third-order valence-corrected chi connectivity index (χ3v) is 4.49. The lowest BCUT2D eigenvalue weighted by Crippen LogP contribution is -2.33. The molecule has 0 radical (unpaired) electrons. The number of hydrogen-bond acceptors (Lipinski definition) is 5. The summed E-state index contributed by atoms with van der Waals surface area (Å²) < 4.78 is 18.4. The van der Waals surface area contributed by atoms with E-state index in [0.29, 0.717) is 5.56 Å². The number of hydrogen-bond donors (Lipinski definition) is 2. The van der Waals surface area contributed by atoms with Gasteiger partial charge in [-0.2, -0.15) is 0 Å². The van der Waals surface area contributed by atoms with Crippen LogP contribution in [0, 0.1) is 5.82 Å². The van der Waals surface area contributed by atoms with Gasteiger partial charge in [0.2, 0.25) is 0 Å². The van der Waals surface area contributed by atoms with Crippen LogP contribution in [0.25, 0.3) is 5.76 Å². The van der Waals surface area contributed by atoms with Gasteiger partial charge in [-0.3, -0.25) is 9.59 Å². The number of ether oxygens (including phenoxy) is 1. The molecule has 2 aromatic carbocycles. The average Bonchev–Trinajstić information content (AvgIpc) is 2.97. The molecule has 0 aliphatic carbocycles. The maximum Gasteiger partial charge on any atom is 0.295 e. The van der Waals surface area contributed by atoms with Gasteiger partial charge in [0, 0.05) is 12.1 Å². The summed E-state index contributed by atoms with van der Waals surface area (Å²) in [6, 6.07) is 13.1. The van der Waals surface area contributed by atoms with Gasteiger partial charge in [0.25, 0.3) is 11.7 Å². The molecule has 28 heavy (non-hydrogen) atoms. The fourth-order valence-corrected chi connectivity index (χ4v) is 3.19. The molecule has 1 saturated heterocycles. The number of nitrogens with zero attached hydrogens (tertiary/aromatic N) is 1. The summed E-state index contributed by atoms with van der Waals surface area (Å²) in [5.41, 5.74) is 0.856. The molecule has 0 bridgehead atoms. The van der Waals surface area contributed by atoms with Gasteiger partial charge in [-0.1, -0.05) is 30.3 Å². The van der Waals surface area contributed by atoms with Gasteiger partial charge in [0.15, 0.2) is 0 Å². The van der Waals surface area contributed by atoms with Crippen molar-refractivity contribution >= 4 is 17.4 Å². The van der Waals surface area contributed by atoms with Gasteiger partial charge in [-0.05, 0) is 29.8 Å². The van der Waals surface area contributed by atoms with Crippen molar-refractivity contribution in [3.63, 3.8) is 0 Å². The molecule has 0 saturated carbocycles. The van der Waals surface area contributed by atoms with E-state index in [0.717, 1.165) is 0 Å². The maximum atomic E-state index is 13.2. The predicted molar refractivity (Wildman–Crippen MR) is 99.8 cm³/mol. The zero-order chi connectivity index (χ0) is 20.1. The quantitative estimate of drug-likeness (QED) is 0.330. The highest BCUT2D eigenvalue weighted by Crippen LogP contribution is 2.39. The van der Waals surface area contributed by atoms with Gasteiger partial charge in [0.05, 0.1) is 31.4 Å². The second-order valence-electron chi connectivity index (χ2n) is 6.25. The first-order chi connectivity index (χ1) is 13.5. The number of aliphatic hydroxyl groups excluding tert-OH is 2. The Balaban J connectivity index is 2.03. The molecule has 2 aromatic rings. The number of rotatable bonds is 7. The van der Waals surface area contributed by atoms with E-state index in [1.807, 2.05) is 0 Å². The highest BCUT2D eigenvalue weighted by molar-refractivity contribution is 6.46. The highest BCUT2D eigenvalue weighted by Gasteiger charge is 2.45. The van der Waals surface area contributed by atoms with Crippen LogP contribution >= 0.6 is 0 Å². The molecule has 6 nitrogen and oxygen atoms in total. The molecule has 0 aromatic heterocycles. The lowest BCUT2D eigenvalue weighted by molar-refractivity contribution is -0.140. The summed E-state index contributed by atoms with van der Waals surface area (Å²) in [4.78, 5) is 26.7. The van der Waals surface area contributed by atoms with Gasteiger partial charge in [-0.25, -0.2) is 4.39 Å². The molecular formula is C21H20FNO5. The van der Waals surface area contributed by atoms with E-state index in [4.69, 9.17) is 9.84 Å². The Hall–Kier alpha value is -3.03. The van der Waals surface area contributed by atoms with Crippen LogP contribution in [0.1, 0.15) is 17.2 Å². The molecule has 1 fully saturated rings. The summed E-state index contributed by atoms with van der Waals surface area (Å²) in [6.07, 6.45) is 0. The molecule has 2 N–H and O–H groups in total. The van der Waals surface area contributed by atoms with Crippen molar-refractivity contribution < 1.29 is 28.9 Å². The van der Waals surface area contributed by atoms with E-state index in [9.17, 15) is 19.1 Å². The third kappa shape index (κ3) is 3.95. The lowest BCUT2D eigenvalue weighted by Gasteiger charge is -2.25. The summed E-state index contributed by atoms with van der Waals surface area (Å²) in [5.74, 6) is -2.38. The van der Waals surface area contributed by atoms with Crippen LogP contribution in [-0.4, -0.2) is 53.2 Å². The van der Waals surface area contributed by atoms with E-state index in [2.05, 4.69) is 0 Å². The molecule has 1 aliphatic rings. The fraction of sp³-hybridized carbons (Fsp3) is 0.238. The zero-order valence-corrected chi connectivity index (χ0v) is 15.0. The third-order valence-electron chi connectivity index (χ3n) is 4.49. The van der Waals surface area contributed by atoms with Crippen LogP contribution in [0.4, 0.5) is 4.39 Å². The number of halogens is 1. The van der Waals surface area contributed by atoms with E-state index >= 15 is 0 Å². The molecule has 1 unspecified atom stereocenters. The first-order valence-corrected chi connectivity index (χ1v) is 8.82. The van der Waals surface area contributed by atoms with Gasteiger partial charge < -0.3 is 19.8 Å². The van der Waals surface area contributed by atoms with Crippen LogP contribution < -0.4 is 0 Å². The summed E-state index contributed by atoms with van der Waals surface area (Å²) in [6.45, 7) is 0.221. The van der Waals surface area contributed by atoms with Crippen molar-refractivity contribution in [1.82, 2.24) is 4.90 Å². The predicted octanol–water partition coefficient (Wildman–Crippen LogP) is 2.26. The van der Waals surface area contributed by atoms with E-state index < -0.39 is 23.5 Å². The lowest BCUT2D eigenvalue weighted by atomic mass is 9.95. The molecule has 7 heteroatoms. The smallest absolute Gasteiger partial charge is 0.295 e. The number of carbonyl (C=O) groups is 2. The van der Waals surface area contributed by atoms with Crippen molar-refractivity contribution in [3.8, 4) is 0 Å². The first kappa shape index (κ1) is 19.7. The van der Waals surface area contributed by atoms with E-state index in [-0.39, 0.29) is 43.3 Å². The minimum Gasteiger partial charge on any atom is -0.507 e. The fourth-order valence-electron chi connectivity index (χ4n) is 3.19. The van der Waals surface area contributed by atoms with Crippen LogP contribution in [0.5, 0.6) is 0 Å². The van der Waals surface area contributed by atoms with Gasteiger partial charge in [0.1, 0.15) is 11.6 Å². The van der Waals surface area contributed by atoms with Crippen LogP contribution in [-0.2, 0) is 14.3 Å². The second-order valence-corrected chi connectivity index (χ2v) is 6.25. The largest absolute Gasteiger partial charge is 0.507 e. The van der Waals surface area contributed by atoms with Gasteiger partial charge in [-0.15, -0.1) is 0 Å². The minimum absolute atomic E-state index is 0.0510. The first-order valence-electron chi connectivity index (χ1n) is 8.82. The van der Waals surface area contributed by atoms with Crippen molar-refractivity contribution in [1.29, 1.82) is 0 Å². The molecule has 1 atom stereocenters. The van der Waals surface area contributed by atoms with E-state index in [1.165, 1.54) is 29.2 Å². The Labute approximate surface area is 161 Å². The number of benzene rings is 2. The normalized spacial score (nSPS) is 18.6. The summed E-state index contributed by atoms with van der Waals surface area (Å²) >= 11 is 0. The Morgan fingerprint density at radius 1 is 1.04 bits per heavy atom. The molecule has 1 aliphatic heterocycles. The molecule has 1 heterocycles. The van der Waals surface area contributed by atoms with E-state index in [1.54, 1.807) is 30.3 Å². The standard InChI is InChI=1S/C21H20FNO5/c22-16-8-6-15(7-9-16)19(25)17-18(14-4-2-1-3-5-14)23(21(27)20(17)26)10-12-28-13-11-24/h1-9,18,24-25H,10-13H2/b19-17+. The van der Waals surface area contributed by atoms with Crippen LogP contribution in [0.2, 0.25) is 0 Å². The number of Topliss-reactive ketones (excluding diaryl/α,β-unsaturated/α-hetero) is 1. The Morgan fingerprint density at radius 3 is 2.36 bits per heavy atom. The van der Waals surface area contributed by atoms with Crippen LogP contribution in [0.15, 0.2) is 60.2 Å². The molecule has 1 amide bonds. The van der Waals surface area contributed by atoms with Crippen molar-refractivity contribution in [2.75, 3.05) is 26.4 Å². The zero-order valence-electron chi connectivity index (χ0n) is 15.0. The topological polar surface area (TPSA) is 87.1 Å². The molecule has 0 spiro atoms. The average molecular weight is 385 g/mol. The van der Waals surface area contributed by atoms with Crippen molar-refractivity contribution in [2.45, 2.75) is 6.04 Å². The highest BCUT2D eigenvalue weighted by atomic mass is 19.1. The Morgan fingerprint density at radius 2 is 1.71 bits per heavy atom. The molecule has 146 valence electrons. The maximum absolute atomic E-state index is 13.2. The van der Waals surface area contributed by atoms with Crippen molar-refractivity contribution in [2.24, 2.45) is 0 Å². The van der Waals surface area contributed by atoms with Crippen molar-refractivity contribution in [3.05, 3.63) is 77.1 Å². The monoisotopic (exact) mass is 385 g/mol. The van der Waals surface area contributed by atoms with Crippen LogP contribution in [0.3, 0.4) is 0 Å². The molecule has 3 rings (SSSR count). The number of carbonyl (C=O) groups excluding carboxylic acids is 2. The Bertz CT molecular complexity index is 879. The summed E-state index contributed by atoms with van der Waals surface area (Å²) in [5, 5.41) is 19.6. The number of amides is 1. The Kier molecular flexibility index (Phi) is 6.18. The number of likely N-dealkylation sites (tertiary alicyclic amines) is 1.